The summed E-state index contributed by atoms with van der Waals surface area (Å²) < 4.78 is 29.2. The zero-order valence-corrected chi connectivity index (χ0v) is 14.1. The molecule has 0 spiro atoms. The number of aryl methyl sites for hydroxylation is 1. The zero-order chi connectivity index (χ0) is 17.4. The predicted molar refractivity (Wildman–Crippen MR) is 88.5 cm³/mol. The van der Waals surface area contributed by atoms with Crippen molar-refractivity contribution in [1.29, 1.82) is 0 Å². The number of sulfonamides is 1. The van der Waals surface area contributed by atoms with Crippen LogP contribution in [0.4, 0.5) is 11.5 Å². The van der Waals surface area contributed by atoms with Gasteiger partial charge in [0.2, 0.25) is 0 Å². The first-order valence-electron chi connectivity index (χ1n) is 6.76. The molecular weight excluding hydrogens is 320 g/mol. The van der Waals surface area contributed by atoms with Crippen LogP contribution in [-0.4, -0.2) is 24.6 Å². The molecule has 1 aromatic heterocycles. The van der Waals surface area contributed by atoms with Gasteiger partial charge in [-0.1, -0.05) is 17.7 Å². The SMILES string of the molecule is CNc1c(NS(=O)(=O)c2ccc(C)cc2)c(=O)n(C)c(=O)n1C. The molecule has 0 aliphatic rings. The Morgan fingerprint density at radius 1 is 1.00 bits per heavy atom. The van der Waals surface area contributed by atoms with Crippen molar-refractivity contribution < 1.29 is 8.42 Å². The largest absolute Gasteiger partial charge is 0.373 e. The predicted octanol–water partition coefficient (Wildman–Crippen LogP) is 0.235. The fourth-order valence-electron chi connectivity index (χ4n) is 2.14. The van der Waals surface area contributed by atoms with E-state index in [1.165, 1.54) is 33.3 Å². The van der Waals surface area contributed by atoms with Crippen molar-refractivity contribution in [3.63, 3.8) is 0 Å². The van der Waals surface area contributed by atoms with Gasteiger partial charge >= 0.3 is 5.69 Å². The molecule has 124 valence electrons. The van der Waals surface area contributed by atoms with Crippen molar-refractivity contribution in [2.24, 2.45) is 14.1 Å². The normalized spacial score (nSPS) is 11.3. The molecule has 0 aliphatic carbocycles. The average Bonchev–Trinajstić information content (AvgIpc) is 2.51. The van der Waals surface area contributed by atoms with Crippen LogP contribution in [0.5, 0.6) is 0 Å². The number of anilines is 2. The quantitative estimate of drug-likeness (QED) is 0.831. The summed E-state index contributed by atoms with van der Waals surface area (Å²) in [5.74, 6) is 0.0915. The van der Waals surface area contributed by atoms with Crippen LogP contribution >= 0.6 is 0 Å². The molecular formula is C14H18N4O4S. The van der Waals surface area contributed by atoms with Crippen molar-refractivity contribution in [1.82, 2.24) is 9.13 Å². The number of aromatic nitrogens is 2. The molecule has 2 aromatic rings. The summed E-state index contributed by atoms with van der Waals surface area (Å²) in [4.78, 5) is 24.2. The second-order valence-electron chi connectivity index (χ2n) is 5.10. The third-order valence-corrected chi connectivity index (χ3v) is 4.83. The summed E-state index contributed by atoms with van der Waals surface area (Å²) in [6.07, 6.45) is 0. The molecule has 9 heteroatoms. The van der Waals surface area contributed by atoms with Gasteiger partial charge in [-0.15, -0.1) is 0 Å². The Balaban J connectivity index is 2.62. The second-order valence-corrected chi connectivity index (χ2v) is 6.78. The first-order chi connectivity index (χ1) is 10.7. The van der Waals surface area contributed by atoms with E-state index in [2.05, 4.69) is 10.0 Å². The van der Waals surface area contributed by atoms with Gasteiger partial charge < -0.3 is 5.32 Å². The van der Waals surface area contributed by atoms with Crippen LogP contribution in [0, 0.1) is 6.92 Å². The summed E-state index contributed by atoms with van der Waals surface area (Å²) >= 11 is 0. The summed E-state index contributed by atoms with van der Waals surface area (Å²) in [6.45, 7) is 1.84. The van der Waals surface area contributed by atoms with E-state index in [0.717, 1.165) is 14.7 Å². The van der Waals surface area contributed by atoms with E-state index in [-0.39, 0.29) is 16.4 Å². The lowest BCUT2D eigenvalue weighted by molar-refractivity contribution is 0.600. The van der Waals surface area contributed by atoms with Crippen molar-refractivity contribution in [2.75, 3.05) is 17.1 Å². The molecule has 2 rings (SSSR count). The minimum absolute atomic E-state index is 0.0288. The first kappa shape index (κ1) is 16.8. The molecule has 0 fully saturated rings. The lowest BCUT2D eigenvalue weighted by Crippen LogP contribution is -2.40. The molecule has 0 amide bonds. The molecule has 1 heterocycles. The molecule has 8 nitrogen and oxygen atoms in total. The lowest BCUT2D eigenvalue weighted by atomic mass is 10.2. The summed E-state index contributed by atoms with van der Waals surface area (Å²) in [5, 5.41) is 2.68. The Hall–Kier alpha value is -2.55. The lowest BCUT2D eigenvalue weighted by Gasteiger charge is -2.16. The smallest absolute Gasteiger partial charge is 0.332 e. The molecule has 0 bridgehead atoms. The first-order valence-corrected chi connectivity index (χ1v) is 8.24. The second kappa shape index (κ2) is 5.92. The van der Waals surface area contributed by atoms with E-state index in [1.54, 1.807) is 12.1 Å². The minimum atomic E-state index is -3.95. The monoisotopic (exact) mass is 338 g/mol. The van der Waals surface area contributed by atoms with Crippen LogP contribution in [0.1, 0.15) is 5.56 Å². The van der Waals surface area contributed by atoms with Gasteiger partial charge in [0.15, 0.2) is 5.69 Å². The fraction of sp³-hybridized carbons (Fsp3) is 0.286. The zero-order valence-electron chi connectivity index (χ0n) is 13.2. The van der Waals surface area contributed by atoms with Gasteiger partial charge in [-0.25, -0.2) is 13.2 Å². The van der Waals surface area contributed by atoms with Crippen molar-refractivity contribution in [2.45, 2.75) is 11.8 Å². The van der Waals surface area contributed by atoms with Gasteiger partial charge in [0.1, 0.15) is 5.82 Å². The number of benzene rings is 1. The van der Waals surface area contributed by atoms with E-state index < -0.39 is 21.3 Å². The Labute approximate surface area is 133 Å². The van der Waals surface area contributed by atoms with Crippen molar-refractivity contribution in [3.05, 3.63) is 50.7 Å². The van der Waals surface area contributed by atoms with Crippen LogP contribution in [0.2, 0.25) is 0 Å². The van der Waals surface area contributed by atoms with Gasteiger partial charge in [0.05, 0.1) is 4.90 Å². The summed E-state index contributed by atoms with van der Waals surface area (Å²) in [5.41, 5.74) is -0.582. The highest BCUT2D eigenvalue weighted by Gasteiger charge is 2.21. The Bertz CT molecular complexity index is 956. The van der Waals surface area contributed by atoms with Crippen LogP contribution in [-0.2, 0) is 24.1 Å². The molecule has 0 saturated heterocycles. The van der Waals surface area contributed by atoms with Crippen LogP contribution in [0.15, 0.2) is 38.8 Å². The van der Waals surface area contributed by atoms with Crippen LogP contribution in [0.25, 0.3) is 0 Å². The Morgan fingerprint density at radius 3 is 2.09 bits per heavy atom. The topological polar surface area (TPSA) is 102 Å². The molecule has 0 radical (unpaired) electrons. The summed E-state index contributed by atoms with van der Waals surface area (Å²) in [7, 11) is 0.275. The van der Waals surface area contributed by atoms with Crippen LogP contribution in [0.3, 0.4) is 0 Å². The van der Waals surface area contributed by atoms with E-state index >= 15 is 0 Å². The molecule has 0 unspecified atom stereocenters. The van der Waals surface area contributed by atoms with Crippen molar-refractivity contribution in [3.8, 4) is 0 Å². The number of rotatable bonds is 4. The Kier molecular flexibility index (Phi) is 4.33. The molecule has 1 aromatic carbocycles. The van der Waals surface area contributed by atoms with Crippen LogP contribution < -0.4 is 21.3 Å². The standard InChI is InChI=1S/C14H18N4O4S/c1-9-5-7-10(8-6-9)23(21,22)16-11-12(15-2)17(3)14(20)18(4)13(11)19/h5-8,15-16H,1-4H3. The number of hydrogen-bond acceptors (Lipinski definition) is 5. The number of nitrogens with one attached hydrogen (secondary N) is 2. The highest BCUT2D eigenvalue weighted by atomic mass is 32.2. The molecule has 0 aliphatic heterocycles. The average molecular weight is 338 g/mol. The van der Waals surface area contributed by atoms with E-state index in [9.17, 15) is 18.0 Å². The molecule has 0 saturated carbocycles. The fourth-order valence-corrected chi connectivity index (χ4v) is 3.20. The molecule has 0 atom stereocenters. The van der Waals surface area contributed by atoms with Gasteiger partial charge in [-0.2, -0.15) is 0 Å². The van der Waals surface area contributed by atoms with Gasteiger partial charge in [-0.3, -0.25) is 18.7 Å². The van der Waals surface area contributed by atoms with Gasteiger partial charge in [0.25, 0.3) is 15.6 Å². The van der Waals surface area contributed by atoms with Crippen molar-refractivity contribution >= 4 is 21.5 Å². The maximum absolute atomic E-state index is 12.5. The highest BCUT2D eigenvalue weighted by molar-refractivity contribution is 7.92. The van der Waals surface area contributed by atoms with E-state index in [4.69, 9.17) is 0 Å². The van der Waals surface area contributed by atoms with E-state index in [0.29, 0.717) is 0 Å². The maximum Gasteiger partial charge on any atom is 0.332 e. The highest BCUT2D eigenvalue weighted by Crippen LogP contribution is 2.19. The van der Waals surface area contributed by atoms with Gasteiger partial charge in [0, 0.05) is 21.1 Å². The summed E-state index contributed by atoms with van der Waals surface area (Å²) in [6, 6.07) is 6.21. The van der Waals surface area contributed by atoms with Gasteiger partial charge in [-0.05, 0) is 19.1 Å². The number of nitrogens with zero attached hydrogens (tertiary/aromatic N) is 2. The minimum Gasteiger partial charge on any atom is -0.373 e. The maximum atomic E-state index is 12.5. The molecule has 2 N–H and O–H groups in total. The van der Waals surface area contributed by atoms with E-state index in [1.807, 2.05) is 6.92 Å². The third kappa shape index (κ3) is 3.00. The Morgan fingerprint density at radius 2 is 1.57 bits per heavy atom. The third-order valence-electron chi connectivity index (χ3n) is 3.47. The molecule has 23 heavy (non-hydrogen) atoms. The number of hydrogen-bond donors (Lipinski definition) is 2.